The van der Waals surface area contributed by atoms with Gasteiger partial charge in [0.05, 0.1) is 5.37 Å². The zero-order valence-corrected chi connectivity index (χ0v) is 16.4. The minimum absolute atomic E-state index is 0.205. The van der Waals surface area contributed by atoms with Gasteiger partial charge in [0.25, 0.3) is 0 Å². The van der Waals surface area contributed by atoms with Crippen molar-refractivity contribution in [2.24, 2.45) is 5.92 Å². The Kier molecular flexibility index (Phi) is 8.39. The Morgan fingerprint density at radius 2 is 2.14 bits per heavy atom. The lowest BCUT2D eigenvalue weighted by Crippen LogP contribution is -2.61. The fourth-order valence-corrected chi connectivity index (χ4v) is 4.46. The van der Waals surface area contributed by atoms with Gasteiger partial charge in [0.1, 0.15) is 22.2 Å². The molecule has 1 fully saturated rings. The van der Waals surface area contributed by atoms with Gasteiger partial charge < -0.3 is 14.8 Å². The first kappa shape index (κ1) is 20.4. The number of alkyl halides is 3. The molecule has 0 saturated carbocycles. The fraction of sp³-hybridized carbons (Fsp3) is 0.727. The van der Waals surface area contributed by atoms with Crippen molar-refractivity contribution in [3.05, 3.63) is 0 Å². The van der Waals surface area contributed by atoms with E-state index in [1.807, 2.05) is 6.92 Å². The molecule has 0 aromatic carbocycles. The molecule has 1 heterocycles. The van der Waals surface area contributed by atoms with E-state index in [0.717, 1.165) is 9.28 Å². The second-order valence-corrected chi connectivity index (χ2v) is 10.4. The highest BCUT2D eigenvalue weighted by Gasteiger charge is 2.46. The van der Waals surface area contributed by atoms with Crippen molar-refractivity contribution in [1.29, 1.82) is 0 Å². The summed E-state index contributed by atoms with van der Waals surface area (Å²) in [7, 11) is 0. The van der Waals surface area contributed by atoms with Crippen LogP contribution >= 0.6 is 70.5 Å². The molecular weight excluding hydrogens is 413 g/mol. The summed E-state index contributed by atoms with van der Waals surface area (Å²) in [6, 6.07) is 0. The molecule has 0 bridgehead atoms. The average Bonchev–Trinajstić information content (AvgIpc) is 2.34. The highest BCUT2D eigenvalue weighted by atomic mass is 35.6. The van der Waals surface area contributed by atoms with Crippen molar-refractivity contribution in [1.82, 2.24) is 5.32 Å². The lowest BCUT2D eigenvalue weighted by Gasteiger charge is -2.38. The van der Waals surface area contributed by atoms with E-state index in [4.69, 9.17) is 51.8 Å². The van der Waals surface area contributed by atoms with Crippen LogP contribution in [0.1, 0.15) is 13.8 Å². The maximum Gasteiger partial charge on any atom is 0.508 e. The summed E-state index contributed by atoms with van der Waals surface area (Å²) in [5, 5.41) is 2.49. The molecule has 1 amide bonds. The smallest absolute Gasteiger partial charge is 0.430 e. The molecule has 0 aromatic rings. The van der Waals surface area contributed by atoms with Gasteiger partial charge in [-0.25, -0.2) is 4.79 Å². The molecule has 1 rings (SSSR count). The summed E-state index contributed by atoms with van der Waals surface area (Å²) >= 11 is 24.4. The Morgan fingerprint density at radius 1 is 1.50 bits per heavy atom. The third-order valence-electron chi connectivity index (χ3n) is 2.54. The Balaban J connectivity index is 2.45. The fourth-order valence-electron chi connectivity index (χ4n) is 1.58. The number of hydrogen-bond donors (Lipinski definition) is 1. The van der Waals surface area contributed by atoms with Crippen molar-refractivity contribution in [2.75, 3.05) is 12.4 Å². The van der Waals surface area contributed by atoms with Crippen molar-refractivity contribution < 1.29 is 19.1 Å². The van der Waals surface area contributed by atoms with Crippen molar-refractivity contribution in [2.45, 2.75) is 29.1 Å². The highest BCUT2D eigenvalue weighted by Crippen LogP contribution is 2.34. The minimum Gasteiger partial charge on any atom is -0.430 e. The molecule has 1 aliphatic heterocycles. The minimum atomic E-state index is -1.71. The van der Waals surface area contributed by atoms with Gasteiger partial charge in [-0.05, 0) is 12.7 Å². The topological polar surface area (TPSA) is 64.6 Å². The molecule has 1 aliphatic rings. The zero-order valence-electron chi connectivity index (χ0n) is 11.6. The van der Waals surface area contributed by atoms with Crippen LogP contribution in [0.2, 0.25) is 0 Å². The van der Waals surface area contributed by atoms with Gasteiger partial charge >= 0.3 is 6.16 Å². The second kappa shape index (κ2) is 9.03. The third-order valence-corrected chi connectivity index (χ3v) is 5.53. The molecular formula is C11H14Cl3NO4S3. The summed E-state index contributed by atoms with van der Waals surface area (Å²) in [5.74, 6) is 0.149. The monoisotopic (exact) mass is 425 g/mol. The van der Waals surface area contributed by atoms with Gasteiger partial charge in [-0.3, -0.25) is 4.79 Å². The van der Waals surface area contributed by atoms with Crippen LogP contribution < -0.4 is 5.32 Å². The number of halogens is 3. The average molecular weight is 427 g/mol. The van der Waals surface area contributed by atoms with E-state index < -0.39 is 28.6 Å². The quantitative estimate of drug-likeness (QED) is 0.311. The van der Waals surface area contributed by atoms with E-state index in [2.05, 4.69) is 10.1 Å². The maximum atomic E-state index is 11.7. The first-order valence-corrected chi connectivity index (χ1v) is 9.58. The van der Waals surface area contributed by atoms with Crippen LogP contribution in [0.25, 0.3) is 0 Å². The number of thioether (sulfide) groups is 2. The molecule has 0 spiro atoms. The van der Waals surface area contributed by atoms with Gasteiger partial charge in [-0.2, -0.15) is 0 Å². The Hall–Kier alpha value is 0.400. The number of thiocarbonyl (C=S) groups is 1. The summed E-state index contributed by atoms with van der Waals surface area (Å²) < 4.78 is 8.71. The lowest BCUT2D eigenvalue weighted by atomic mass is 9.96. The molecule has 1 unspecified atom stereocenters. The second-order valence-electron chi connectivity index (χ2n) is 4.23. The number of carbonyl (C=O) groups excluding carboxylic acids is 2. The van der Waals surface area contributed by atoms with Gasteiger partial charge in [-0.1, -0.05) is 65.7 Å². The van der Waals surface area contributed by atoms with Crippen LogP contribution in [0, 0.1) is 5.92 Å². The molecule has 0 aliphatic carbocycles. The van der Waals surface area contributed by atoms with Gasteiger partial charge in [-0.15, -0.1) is 11.8 Å². The molecule has 3 atom stereocenters. The van der Waals surface area contributed by atoms with Crippen LogP contribution in [0.4, 0.5) is 4.79 Å². The predicted octanol–water partition coefficient (Wildman–Crippen LogP) is 3.74. The van der Waals surface area contributed by atoms with E-state index >= 15 is 0 Å². The predicted molar refractivity (Wildman–Crippen MR) is 95.9 cm³/mol. The van der Waals surface area contributed by atoms with E-state index in [1.165, 1.54) is 23.5 Å². The number of amides is 1. The van der Waals surface area contributed by atoms with Crippen molar-refractivity contribution in [3.8, 4) is 0 Å². The Morgan fingerprint density at radius 3 is 2.64 bits per heavy atom. The van der Waals surface area contributed by atoms with Crippen molar-refractivity contribution >= 4 is 86.1 Å². The highest BCUT2D eigenvalue weighted by molar-refractivity contribution is 8.47. The van der Waals surface area contributed by atoms with Crippen molar-refractivity contribution in [3.63, 3.8) is 0 Å². The number of carbonyl (C=O) groups is 2. The van der Waals surface area contributed by atoms with Gasteiger partial charge in [0, 0.05) is 0 Å². The standard InChI is InChI=1S/C11H14Cl3NO4S3/c1-3-21-10(20)22-8-6(7(16)15-8)5(2)19-9(17)18-4-11(12,13)14/h5-6,8H,3-4H2,1-2H3,(H,15,16)/t5?,6-,8-/m1/s1. The molecule has 0 radical (unpaired) electrons. The SMILES string of the molecule is CCSC(=S)S[C@H]1NC(=O)[C@H]1C(C)OC(=O)OCC(Cl)(Cl)Cl. The summed E-state index contributed by atoms with van der Waals surface area (Å²) in [6.45, 7) is 3.15. The molecule has 1 saturated heterocycles. The summed E-state index contributed by atoms with van der Waals surface area (Å²) in [4.78, 5) is 23.1. The number of hydrogen-bond acceptors (Lipinski definition) is 7. The van der Waals surface area contributed by atoms with Crippen LogP contribution in [-0.4, -0.2) is 43.2 Å². The molecule has 126 valence electrons. The molecule has 22 heavy (non-hydrogen) atoms. The van der Waals surface area contributed by atoms with Crippen LogP contribution in [0.5, 0.6) is 0 Å². The molecule has 0 aromatic heterocycles. The Labute approximate surface area is 157 Å². The maximum absolute atomic E-state index is 11.7. The number of β-lactam (4-membered cyclic amide) rings is 1. The van der Waals surface area contributed by atoms with E-state index in [9.17, 15) is 9.59 Å². The zero-order chi connectivity index (χ0) is 16.9. The van der Waals surface area contributed by atoms with E-state index in [-0.39, 0.29) is 11.3 Å². The normalized spacial score (nSPS) is 22.3. The van der Waals surface area contributed by atoms with E-state index in [0.29, 0.717) is 0 Å². The third kappa shape index (κ3) is 6.88. The van der Waals surface area contributed by atoms with Crippen LogP contribution in [-0.2, 0) is 14.3 Å². The van der Waals surface area contributed by atoms with Gasteiger partial charge in [0.15, 0.2) is 0 Å². The lowest BCUT2D eigenvalue weighted by molar-refractivity contribution is -0.137. The first-order chi connectivity index (χ1) is 10.1. The van der Waals surface area contributed by atoms with E-state index in [1.54, 1.807) is 6.92 Å². The molecule has 1 N–H and O–H groups in total. The number of ether oxygens (including phenoxy) is 2. The van der Waals surface area contributed by atoms with Crippen LogP contribution in [0.15, 0.2) is 0 Å². The molecule has 5 nitrogen and oxygen atoms in total. The summed E-state index contributed by atoms with van der Waals surface area (Å²) in [5.41, 5.74) is 0. The first-order valence-electron chi connectivity index (χ1n) is 6.18. The largest absolute Gasteiger partial charge is 0.508 e. The number of rotatable bonds is 5. The Bertz CT molecular complexity index is 447. The van der Waals surface area contributed by atoms with Gasteiger partial charge in [0.2, 0.25) is 9.70 Å². The molecule has 11 heteroatoms. The number of nitrogens with one attached hydrogen (secondary N) is 1. The summed E-state index contributed by atoms with van der Waals surface area (Å²) in [6.07, 6.45) is -1.67. The van der Waals surface area contributed by atoms with Crippen LogP contribution in [0.3, 0.4) is 0 Å².